The van der Waals surface area contributed by atoms with Gasteiger partial charge in [-0.15, -0.1) is 0 Å². The van der Waals surface area contributed by atoms with E-state index in [0.717, 1.165) is 0 Å². The summed E-state index contributed by atoms with van der Waals surface area (Å²) in [5.41, 5.74) is 0. The second kappa shape index (κ2) is 11.6. The van der Waals surface area contributed by atoms with Crippen molar-refractivity contribution in [1.82, 2.24) is 0 Å². The molecule has 0 spiro atoms. The molecule has 3 heteroatoms. The minimum absolute atomic E-state index is 0. The minimum atomic E-state index is 0. The molecule has 0 bridgehead atoms. The van der Waals surface area contributed by atoms with Gasteiger partial charge in [-0.05, 0) is 48.7 Å². The molecule has 2 heterocycles. The third kappa shape index (κ3) is 9.80. The summed E-state index contributed by atoms with van der Waals surface area (Å²) in [5.74, 6) is 5.67. The fraction of sp³-hybridized carbons (Fsp3) is 1.00. The Morgan fingerprint density at radius 3 is 0.846 bits per heavy atom. The van der Waals surface area contributed by atoms with Gasteiger partial charge in [-0.1, -0.05) is 12.8 Å². The number of rotatable bonds is 0. The Labute approximate surface area is 108 Å². The summed E-state index contributed by atoms with van der Waals surface area (Å²) in [7, 11) is 0. The monoisotopic (exact) mass is 324 g/mol. The van der Waals surface area contributed by atoms with Crippen LogP contribution in [0.15, 0.2) is 0 Å². The number of hydrogen-bond donors (Lipinski definition) is 0. The molecule has 2 rings (SSSR count). The third-order valence-corrected chi connectivity index (χ3v) is 4.46. The summed E-state index contributed by atoms with van der Waals surface area (Å²) in [6.07, 6.45) is 8.81. The van der Waals surface area contributed by atoms with Gasteiger partial charge < -0.3 is 0 Å². The maximum absolute atomic E-state index is 2.09. The van der Waals surface area contributed by atoms with E-state index in [-0.39, 0.29) is 23.9 Å². The molecular weight excluding hydrogens is 303 g/mol. The van der Waals surface area contributed by atoms with Crippen LogP contribution in [0, 0.1) is 0 Å². The Bertz CT molecular complexity index is 55.9. The zero-order valence-corrected chi connectivity index (χ0v) is 12.9. The summed E-state index contributed by atoms with van der Waals surface area (Å²) < 4.78 is 0. The van der Waals surface area contributed by atoms with Crippen molar-refractivity contribution >= 4 is 47.4 Å². The van der Waals surface area contributed by atoms with E-state index in [1.807, 2.05) is 0 Å². The Hall–Kier alpha value is 1.50. The van der Waals surface area contributed by atoms with Crippen molar-refractivity contribution in [1.29, 1.82) is 0 Å². The first-order valence-corrected chi connectivity index (χ1v) is 7.46. The van der Waals surface area contributed by atoms with Gasteiger partial charge in [0.05, 0.1) is 0 Å². The van der Waals surface area contributed by atoms with E-state index in [0.29, 0.717) is 0 Å². The van der Waals surface area contributed by atoms with Crippen molar-refractivity contribution < 1.29 is 0 Å². The Balaban J connectivity index is 0.000000206. The van der Waals surface area contributed by atoms with Crippen LogP contribution in [0.5, 0.6) is 0 Å². The largest absolute Gasteiger partial charge is 0.162 e. The zero-order chi connectivity index (χ0) is 8.49. The molecule has 0 saturated carbocycles. The maximum Gasteiger partial charge on any atom is 0 e. The van der Waals surface area contributed by atoms with Crippen LogP contribution < -0.4 is 0 Å². The van der Waals surface area contributed by atoms with Gasteiger partial charge in [-0.3, -0.25) is 0 Å². The molecule has 0 nitrogen and oxygen atoms in total. The first kappa shape index (κ1) is 14.5. The van der Waals surface area contributed by atoms with Gasteiger partial charge >= 0.3 is 0 Å². The molecule has 0 unspecified atom stereocenters. The molecule has 2 saturated heterocycles. The molecule has 13 heavy (non-hydrogen) atoms. The first-order chi connectivity index (χ1) is 6.00. The zero-order valence-electron chi connectivity index (χ0n) is 8.39. The summed E-state index contributed by atoms with van der Waals surface area (Å²) in [4.78, 5) is 0. The van der Waals surface area contributed by atoms with Gasteiger partial charge in [0.15, 0.2) is 0 Å². The van der Waals surface area contributed by atoms with E-state index in [9.17, 15) is 0 Å². The van der Waals surface area contributed by atoms with E-state index < -0.39 is 0 Å². The standard InChI is InChI=1S/2C5H10S.Sn/c2*1-2-4-6-5-3-1;/h2*1-5H2;. The number of thioether (sulfide) groups is 2. The molecule has 2 fully saturated rings. The predicted molar refractivity (Wildman–Crippen MR) is 68.1 cm³/mol. The Morgan fingerprint density at radius 1 is 0.462 bits per heavy atom. The molecule has 4 radical (unpaired) electrons. The van der Waals surface area contributed by atoms with E-state index in [1.54, 1.807) is 0 Å². The molecule has 0 N–H and O–H groups in total. The molecule has 0 aromatic carbocycles. The SMILES string of the molecule is C1CCSCC1.C1CCSCC1.[Sn]. The van der Waals surface area contributed by atoms with Crippen LogP contribution in [0.1, 0.15) is 38.5 Å². The normalized spacial score (nSPS) is 22.2. The van der Waals surface area contributed by atoms with Crippen LogP contribution in [0.25, 0.3) is 0 Å². The number of hydrogen-bond acceptors (Lipinski definition) is 2. The molecule has 0 aromatic rings. The fourth-order valence-electron chi connectivity index (χ4n) is 1.37. The van der Waals surface area contributed by atoms with Crippen LogP contribution in [0.4, 0.5) is 0 Å². The Morgan fingerprint density at radius 2 is 0.769 bits per heavy atom. The van der Waals surface area contributed by atoms with Crippen LogP contribution in [-0.2, 0) is 0 Å². The summed E-state index contributed by atoms with van der Waals surface area (Å²) in [6, 6.07) is 0. The van der Waals surface area contributed by atoms with Crippen molar-refractivity contribution in [3.63, 3.8) is 0 Å². The molecule has 76 valence electrons. The van der Waals surface area contributed by atoms with Gasteiger partial charge in [0, 0.05) is 23.9 Å². The van der Waals surface area contributed by atoms with Crippen LogP contribution in [-0.4, -0.2) is 46.9 Å². The van der Waals surface area contributed by atoms with Crippen LogP contribution >= 0.6 is 23.5 Å². The molecule has 0 atom stereocenters. The molecule has 0 amide bonds. The van der Waals surface area contributed by atoms with E-state index in [1.165, 1.54) is 61.5 Å². The maximum atomic E-state index is 2.09. The summed E-state index contributed by atoms with van der Waals surface area (Å²) >= 11 is 4.19. The predicted octanol–water partition coefficient (Wildman–Crippen LogP) is 3.43. The van der Waals surface area contributed by atoms with Gasteiger partial charge in [0.25, 0.3) is 0 Å². The molecule has 0 aliphatic carbocycles. The second-order valence-corrected chi connectivity index (χ2v) is 5.80. The van der Waals surface area contributed by atoms with Gasteiger partial charge in [-0.25, -0.2) is 0 Å². The average molecular weight is 323 g/mol. The van der Waals surface area contributed by atoms with Crippen molar-refractivity contribution in [3.05, 3.63) is 0 Å². The third-order valence-electron chi connectivity index (χ3n) is 2.15. The van der Waals surface area contributed by atoms with E-state index >= 15 is 0 Å². The van der Waals surface area contributed by atoms with Gasteiger partial charge in [0.2, 0.25) is 0 Å². The van der Waals surface area contributed by atoms with E-state index in [2.05, 4.69) is 23.5 Å². The van der Waals surface area contributed by atoms with Crippen LogP contribution in [0.2, 0.25) is 0 Å². The Kier molecular flexibility index (Phi) is 12.9. The van der Waals surface area contributed by atoms with Crippen molar-refractivity contribution in [2.24, 2.45) is 0 Å². The van der Waals surface area contributed by atoms with Crippen molar-refractivity contribution in [2.75, 3.05) is 23.0 Å². The van der Waals surface area contributed by atoms with Crippen molar-refractivity contribution in [2.45, 2.75) is 38.5 Å². The van der Waals surface area contributed by atoms with Crippen molar-refractivity contribution in [3.8, 4) is 0 Å². The molecule has 2 aliphatic rings. The summed E-state index contributed by atoms with van der Waals surface area (Å²) in [6.45, 7) is 0. The van der Waals surface area contributed by atoms with Gasteiger partial charge in [-0.2, -0.15) is 23.5 Å². The second-order valence-electron chi connectivity index (χ2n) is 3.35. The van der Waals surface area contributed by atoms with Gasteiger partial charge in [0.1, 0.15) is 0 Å². The smallest absolute Gasteiger partial charge is 0 e. The topological polar surface area (TPSA) is 0 Å². The molecule has 2 aliphatic heterocycles. The van der Waals surface area contributed by atoms with Crippen LogP contribution in [0.3, 0.4) is 0 Å². The quantitative estimate of drug-likeness (QED) is 0.627. The van der Waals surface area contributed by atoms with E-state index in [4.69, 9.17) is 0 Å². The summed E-state index contributed by atoms with van der Waals surface area (Å²) in [5, 5.41) is 0. The molecule has 0 aromatic heterocycles. The minimum Gasteiger partial charge on any atom is -0.162 e. The molecular formula is C10H20S2Sn. The fourth-order valence-corrected chi connectivity index (χ4v) is 3.42. The average Bonchev–Trinajstić information content (AvgIpc) is 2.24. The first-order valence-electron chi connectivity index (χ1n) is 5.15.